The van der Waals surface area contributed by atoms with Gasteiger partial charge in [0.15, 0.2) is 5.52 Å². The first-order valence-corrected chi connectivity index (χ1v) is 7.85. The van der Waals surface area contributed by atoms with E-state index in [1.54, 1.807) is 35.9 Å². The Morgan fingerprint density at radius 2 is 1.77 bits per heavy atom. The van der Waals surface area contributed by atoms with Crippen molar-refractivity contribution in [2.45, 2.75) is 6.18 Å². The first kappa shape index (κ1) is 16.6. The molecule has 0 spiro atoms. The summed E-state index contributed by atoms with van der Waals surface area (Å²) in [6, 6.07) is 8.38. The predicted molar refractivity (Wildman–Crippen MR) is 91.6 cm³/mol. The monoisotopic (exact) mass is 378 g/mol. The van der Waals surface area contributed by atoms with E-state index < -0.39 is 17.4 Å². The topological polar surface area (TPSA) is 52.7 Å². The fraction of sp³-hybridized carbons (Fsp3) is 0.118. The molecule has 0 bridgehead atoms. The average molecular weight is 379 g/mol. The Bertz CT molecular complexity index is 1210. The van der Waals surface area contributed by atoms with E-state index in [2.05, 4.69) is 9.97 Å². The highest BCUT2D eigenvalue weighted by molar-refractivity contribution is 6.30. The number of rotatable bonds is 1. The van der Waals surface area contributed by atoms with Crippen molar-refractivity contribution in [2.24, 2.45) is 7.05 Å². The van der Waals surface area contributed by atoms with Gasteiger partial charge < -0.3 is 4.57 Å². The Balaban J connectivity index is 2.21. The highest BCUT2D eigenvalue weighted by Gasteiger charge is 2.33. The van der Waals surface area contributed by atoms with E-state index in [-0.39, 0.29) is 11.2 Å². The molecular formula is C17H10ClF3N4O. The van der Waals surface area contributed by atoms with Gasteiger partial charge >= 0.3 is 6.18 Å². The second kappa shape index (κ2) is 5.57. The van der Waals surface area contributed by atoms with Crippen LogP contribution in [0.15, 0.2) is 47.5 Å². The number of halogens is 4. The highest BCUT2D eigenvalue weighted by Crippen LogP contribution is 2.31. The summed E-state index contributed by atoms with van der Waals surface area (Å²) >= 11 is 5.87. The molecule has 0 amide bonds. The lowest BCUT2D eigenvalue weighted by Crippen LogP contribution is -2.21. The Morgan fingerprint density at radius 1 is 1.08 bits per heavy atom. The number of benzene rings is 1. The van der Waals surface area contributed by atoms with Crippen LogP contribution in [0.2, 0.25) is 5.02 Å². The van der Waals surface area contributed by atoms with Gasteiger partial charge in [0.25, 0.3) is 5.56 Å². The number of hydrogen-bond donors (Lipinski definition) is 0. The van der Waals surface area contributed by atoms with Crippen LogP contribution in [0, 0.1) is 0 Å². The largest absolute Gasteiger partial charge is 0.433 e. The van der Waals surface area contributed by atoms with Crippen molar-refractivity contribution in [2.75, 3.05) is 0 Å². The molecule has 0 radical (unpaired) electrons. The molecular weight excluding hydrogens is 369 g/mol. The van der Waals surface area contributed by atoms with Gasteiger partial charge in [0.2, 0.25) is 0 Å². The highest BCUT2D eigenvalue weighted by atomic mass is 35.5. The standard InChI is InChI=1S/C17H10ClF3N4O/c1-24-8-22-13-14(24)11-6-7-12(17(19,20)21)23-15(11)25(16(13)26)10-4-2-9(18)3-5-10/h2-8H,1H3. The van der Waals surface area contributed by atoms with Gasteiger partial charge in [0, 0.05) is 17.5 Å². The zero-order chi connectivity index (χ0) is 18.6. The van der Waals surface area contributed by atoms with Crippen LogP contribution in [0.1, 0.15) is 5.69 Å². The van der Waals surface area contributed by atoms with E-state index in [4.69, 9.17) is 11.6 Å². The summed E-state index contributed by atoms with van der Waals surface area (Å²) in [5.41, 5.74) is -0.796. The molecule has 132 valence electrons. The van der Waals surface area contributed by atoms with Gasteiger partial charge in [-0.2, -0.15) is 13.2 Å². The van der Waals surface area contributed by atoms with Crippen molar-refractivity contribution in [3.05, 3.63) is 63.8 Å². The van der Waals surface area contributed by atoms with Crippen molar-refractivity contribution in [3.63, 3.8) is 0 Å². The smallest absolute Gasteiger partial charge is 0.333 e. The Kier molecular flexibility index (Phi) is 3.55. The molecule has 0 fully saturated rings. The lowest BCUT2D eigenvalue weighted by atomic mass is 10.2. The van der Waals surface area contributed by atoms with Gasteiger partial charge in [-0.05, 0) is 36.4 Å². The van der Waals surface area contributed by atoms with Crippen LogP contribution in [-0.2, 0) is 13.2 Å². The third kappa shape index (κ3) is 2.45. The molecule has 0 aliphatic carbocycles. The molecule has 3 heterocycles. The molecule has 0 N–H and O–H groups in total. The normalized spacial score (nSPS) is 12.2. The van der Waals surface area contributed by atoms with Crippen LogP contribution in [0.4, 0.5) is 13.2 Å². The molecule has 5 nitrogen and oxygen atoms in total. The summed E-state index contributed by atoms with van der Waals surface area (Å²) in [4.78, 5) is 20.8. The van der Waals surface area contributed by atoms with Crippen molar-refractivity contribution in [1.29, 1.82) is 0 Å². The van der Waals surface area contributed by atoms with Gasteiger partial charge in [-0.3, -0.25) is 9.36 Å². The molecule has 4 aromatic rings. The van der Waals surface area contributed by atoms with Crippen molar-refractivity contribution in [3.8, 4) is 5.69 Å². The molecule has 0 unspecified atom stereocenters. The number of alkyl halides is 3. The zero-order valence-corrected chi connectivity index (χ0v) is 14.0. The van der Waals surface area contributed by atoms with Crippen LogP contribution < -0.4 is 5.56 Å². The summed E-state index contributed by atoms with van der Waals surface area (Å²) in [7, 11) is 1.67. The number of aryl methyl sites for hydroxylation is 1. The summed E-state index contributed by atoms with van der Waals surface area (Å²) in [6.45, 7) is 0. The van der Waals surface area contributed by atoms with Crippen molar-refractivity contribution in [1.82, 2.24) is 19.1 Å². The van der Waals surface area contributed by atoms with Gasteiger partial charge in [-0.1, -0.05) is 11.6 Å². The van der Waals surface area contributed by atoms with E-state index in [0.717, 1.165) is 10.6 Å². The van der Waals surface area contributed by atoms with Gasteiger partial charge in [0.1, 0.15) is 11.3 Å². The van der Waals surface area contributed by atoms with Crippen LogP contribution in [-0.4, -0.2) is 19.1 Å². The quantitative estimate of drug-likeness (QED) is 0.504. The minimum atomic E-state index is -4.63. The number of hydrogen-bond acceptors (Lipinski definition) is 3. The number of fused-ring (bicyclic) bond motifs is 3. The van der Waals surface area contributed by atoms with E-state index in [0.29, 0.717) is 21.6 Å². The molecule has 0 saturated carbocycles. The fourth-order valence-electron chi connectivity index (χ4n) is 2.90. The summed E-state index contributed by atoms with van der Waals surface area (Å²) < 4.78 is 42.2. The maximum Gasteiger partial charge on any atom is 0.433 e. The lowest BCUT2D eigenvalue weighted by molar-refractivity contribution is -0.141. The van der Waals surface area contributed by atoms with Crippen molar-refractivity contribution >= 4 is 33.7 Å². The minimum absolute atomic E-state index is 0.0942. The molecule has 0 aliphatic rings. The molecule has 0 atom stereocenters. The van der Waals surface area contributed by atoms with Gasteiger partial charge in [-0.25, -0.2) is 9.97 Å². The third-order valence-electron chi connectivity index (χ3n) is 4.06. The number of nitrogens with zero attached hydrogens (tertiary/aromatic N) is 4. The second-order valence-electron chi connectivity index (χ2n) is 5.74. The summed E-state index contributed by atoms with van der Waals surface area (Å²) in [5.74, 6) is 0. The molecule has 0 saturated heterocycles. The zero-order valence-electron chi connectivity index (χ0n) is 13.3. The summed E-state index contributed by atoms with van der Waals surface area (Å²) in [5, 5.41) is 0.830. The van der Waals surface area contributed by atoms with Crippen LogP contribution in [0.3, 0.4) is 0 Å². The molecule has 3 aromatic heterocycles. The third-order valence-corrected chi connectivity index (χ3v) is 4.31. The lowest BCUT2D eigenvalue weighted by Gasteiger charge is -2.13. The Morgan fingerprint density at radius 3 is 2.42 bits per heavy atom. The van der Waals surface area contributed by atoms with Crippen LogP contribution in [0.25, 0.3) is 27.8 Å². The van der Waals surface area contributed by atoms with E-state index >= 15 is 0 Å². The molecule has 0 aliphatic heterocycles. The number of aromatic nitrogens is 4. The summed E-state index contributed by atoms with van der Waals surface area (Å²) in [6.07, 6.45) is -3.19. The first-order chi connectivity index (χ1) is 12.3. The average Bonchev–Trinajstić information content (AvgIpc) is 2.98. The predicted octanol–water partition coefficient (Wildman–Crippen LogP) is 3.94. The van der Waals surface area contributed by atoms with Gasteiger partial charge in [-0.15, -0.1) is 0 Å². The minimum Gasteiger partial charge on any atom is -0.333 e. The van der Waals surface area contributed by atoms with Crippen LogP contribution >= 0.6 is 11.6 Å². The second-order valence-corrected chi connectivity index (χ2v) is 6.17. The molecule has 9 heteroatoms. The fourth-order valence-corrected chi connectivity index (χ4v) is 3.02. The molecule has 4 rings (SSSR count). The maximum absolute atomic E-state index is 13.2. The van der Waals surface area contributed by atoms with E-state index in [1.807, 2.05) is 0 Å². The molecule has 1 aromatic carbocycles. The Hall–Kier alpha value is -2.87. The van der Waals surface area contributed by atoms with E-state index in [1.165, 1.54) is 12.4 Å². The molecule has 26 heavy (non-hydrogen) atoms. The number of pyridine rings is 2. The maximum atomic E-state index is 13.2. The van der Waals surface area contributed by atoms with E-state index in [9.17, 15) is 18.0 Å². The van der Waals surface area contributed by atoms with Crippen molar-refractivity contribution < 1.29 is 13.2 Å². The number of imidazole rings is 1. The van der Waals surface area contributed by atoms with Crippen LogP contribution in [0.5, 0.6) is 0 Å². The Labute approximate surface area is 149 Å². The first-order valence-electron chi connectivity index (χ1n) is 7.47. The SMILES string of the molecule is Cn1cnc2c(=O)n(-c3ccc(Cl)cc3)c3nc(C(F)(F)F)ccc3c21. The van der Waals surface area contributed by atoms with Gasteiger partial charge in [0.05, 0.1) is 17.5 Å².